The highest BCUT2D eigenvalue weighted by Crippen LogP contribution is 2.53. The Kier molecular flexibility index (Phi) is 7.76. The molecule has 2 rings (SSSR count). The standard InChI is InChI=1S/C27H42NO2/c1-9-29-21-20-28(7,8)27(23-16-12-10-13-17-23,26(5,6)22-25(2,3)4)30-24-18-14-11-15-19-24/h10-19H,9,20-22H2,1-8H3/q+1. The fourth-order valence-corrected chi connectivity index (χ4v) is 5.24. The molecule has 30 heavy (non-hydrogen) atoms. The Morgan fingerprint density at radius 2 is 1.33 bits per heavy atom. The fraction of sp³-hybridized carbons (Fsp3) is 0.556. The van der Waals surface area contributed by atoms with E-state index < -0.39 is 5.72 Å². The second kappa shape index (κ2) is 9.53. The van der Waals surface area contributed by atoms with E-state index in [2.05, 4.69) is 98.1 Å². The highest BCUT2D eigenvalue weighted by Gasteiger charge is 2.61. The molecule has 0 N–H and O–H groups in total. The van der Waals surface area contributed by atoms with Crippen LogP contribution in [0.4, 0.5) is 0 Å². The summed E-state index contributed by atoms with van der Waals surface area (Å²) in [5, 5.41) is 0. The highest BCUT2D eigenvalue weighted by molar-refractivity contribution is 5.28. The molecule has 0 aromatic heterocycles. The van der Waals surface area contributed by atoms with Gasteiger partial charge < -0.3 is 9.47 Å². The lowest BCUT2D eigenvalue weighted by Gasteiger charge is -2.56. The Hall–Kier alpha value is -1.84. The van der Waals surface area contributed by atoms with Crippen LogP contribution in [0.15, 0.2) is 60.7 Å². The third-order valence-corrected chi connectivity index (χ3v) is 5.91. The third kappa shape index (κ3) is 5.44. The molecule has 0 saturated heterocycles. The summed E-state index contributed by atoms with van der Waals surface area (Å²) in [6.45, 7) is 16.0. The summed E-state index contributed by atoms with van der Waals surface area (Å²) >= 11 is 0. The minimum atomic E-state index is -0.597. The molecule has 0 radical (unpaired) electrons. The maximum atomic E-state index is 7.11. The average molecular weight is 413 g/mol. The Bertz CT molecular complexity index is 762. The van der Waals surface area contributed by atoms with Crippen LogP contribution < -0.4 is 4.74 Å². The summed E-state index contributed by atoms with van der Waals surface area (Å²) < 4.78 is 13.6. The Morgan fingerprint density at radius 1 is 0.800 bits per heavy atom. The van der Waals surface area contributed by atoms with Crippen molar-refractivity contribution in [3.8, 4) is 5.75 Å². The number of hydrogen-bond acceptors (Lipinski definition) is 2. The molecule has 0 aliphatic carbocycles. The molecular weight excluding hydrogens is 370 g/mol. The van der Waals surface area contributed by atoms with Crippen LogP contribution in [0.1, 0.15) is 53.5 Å². The van der Waals surface area contributed by atoms with E-state index in [1.807, 2.05) is 18.2 Å². The van der Waals surface area contributed by atoms with Crippen molar-refractivity contribution in [2.45, 2.75) is 53.7 Å². The Labute approximate surface area is 184 Å². The molecule has 0 fully saturated rings. The summed E-state index contributed by atoms with van der Waals surface area (Å²) in [4.78, 5) is 0. The van der Waals surface area contributed by atoms with Crippen LogP contribution in [0.25, 0.3) is 0 Å². The normalized spacial score (nSPS) is 14.9. The molecule has 0 aliphatic heterocycles. The van der Waals surface area contributed by atoms with E-state index in [4.69, 9.17) is 9.47 Å². The number of hydrogen-bond donors (Lipinski definition) is 0. The summed E-state index contributed by atoms with van der Waals surface area (Å²) in [5.41, 5.74) is 0.589. The Balaban J connectivity index is 2.73. The van der Waals surface area contributed by atoms with Gasteiger partial charge in [0, 0.05) is 6.61 Å². The van der Waals surface area contributed by atoms with Gasteiger partial charge in [-0.25, -0.2) is 0 Å². The molecule has 2 aromatic carbocycles. The number of rotatable bonds is 10. The monoisotopic (exact) mass is 412 g/mol. The number of para-hydroxylation sites is 1. The predicted octanol–water partition coefficient (Wildman–Crippen LogP) is 6.49. The van der Waals surface area contributed by atoms with Crippen molar-refractivity contribution >= 4 is 0 Å². The van der Waals surface area contributed by atoms with E-state index in [1.165, 1.54) is 5.56 Å². The molecule has 0 spiro atoms. The quantitative estimate of drug-likeness (QED) is 0.252. The van der Waals surface area contributed by atoms with Gasteiger partial charge in [-0.1, -0.05) is 57.2 Å². The molecule has 0 aliphatic rings. The molecule has 166 valence electrons. The molecule has 1 unspecified atom stereocenters. The zero-order valence-corrected chi connectivity index (χ0v) is 20.4. The van der Waals surface area contributed by atoms with Crippen molar-refractivity contribution in [2.24, 2.45) is 10.8 Å². The van der Waals surface area contributed by atoms with E-state index in [0.29, 0.717) is 11.1 Å². The van der Waals surface area contributed by atoms with Gasteiger partial charge in [-0.15, -0.1) is 0 Å². The van der Waals surface area contributed by atoms with Crippen LogP contribution >= 0.6 is 0 Å². The maximum Gasteiger partial charge on any atom is 0.274 e. The van der Waals surface area contributed by atoms with Crippen molar-refractivity contribution in [1.82, 2.24) is 0 Å². The van der Waals surface area contributed by atoms with Crippen molar-refractivity contribution in [2.75, 3.05) is 33.9 Å². The number of nitrogens with zero attached hydrogens (tertiary/aromatic N) is 1. The molecule has 3 nitrogen and oxygen atoms in total. The summed E-state index contributed by atoms with van der Waals surface area (Å²) in [5.74, 6) is 0.894. The van der Waals surface area contributed by atoms with Crippen molar-refractivity contribution in [3.05, 3.63) is 66.2 Å². The lowest BCUT2D eigenvalue weighted by Crippen LogP contribution is -2.68. The lowest BCUT2D eigenvalue weighted by molar-refractivity contribution is -0.982. The smallest absolute Gasteiger partial charge is 0.274 e. The van der Waals surface area contributed by atoms with E-state index in [-0.39, 0.29) is 10.8 Å². The van der Waals surface area contributed by atoms with Crippen LogP contribution in [0.5, 0.6) is 5.75 Å². The second-order valence-corrected chi connectivity index (χ2v) is 10.7. The van der Waals surface area contributed by atoms with Gasteiger partial charge in [0.25, 0.3) is 5.72 Å². The van der Waals surface area contributed by atoms with Gasteiger partial charge in [0.2, 0.25) is 0 Å². The van der Waals surface area contributed by atoms with Crippen LogP contribution in [0.3, 0.4) is 0 Å². The van der Waals surface area contributed by atoms with Crippen molar-refractivity contribution in [1.29, 1.82) is 0 Å². The van der Waals surface area contributed by atoms with Gasteiger partial charge in [-0.05, 0) is 56.9 Å². The first-order valence-corrected chi connectivity index (χ1v) is 11.2. The predicted molar refractivity (Wildman–Crippen MR) is 127 cm³/mol. The zero-order valence-electron chi connectivity index (χ0n) is 20.4. The third-order valence-electron chi connectivity index (χ3n) is 5.91. The van der Waals surface area contributed by atoms with Gasteiger partial charge in [0.15, 0.2) is 0 Å². The maximum absolute atomic E-state index is 7.11. The number of ether oxygens (including phenoxy) is 2. The van der Waals surface area contributed by atoms with E-state index in [1.54, 1.807) is 0 Å². The van der Waals surface area contributed by atoms with Crippen LogP contribution in [-0.2, 0) is 10.5 Å². The van der Waals surface area contributed by atoms with Gasteiger partial charge in [-0.2, -0.15) is 0 Å². The molecular formula is C27H42NO2+. The number of likely N-dealkylation sites (N-methyl/N-ethyl adjacent to an activating group) is 1. The minimum Gasteiger partial charge on any atom is -0.436 e. The second-order valence-electron chi connectivity index (χ2n) is 10.7. The summed E-state index contributed by atoms with van der Waals surface area (Å²) in [7, 11) is 4.55. The number of quaternary nitrogens is 1. The molecule has 0 bridgehead atoms. The largest absolute Gasteiger partial charge is 0.436 e. The lowest BCUT2D eigenvalue weighted by atomic mass is 9.66. The van der Waals surface area contributed by atoms with Gasteiger partial charge in [-0.3, -0.25) is 4.48 Å². The fourth-order valence-electron chi connectivity index (χ4n) is 5.24. The first kappa shape index (κ1) is 24.4. The highest BCUT2D eigenvalue weighted by atomic mass is 16.5. The van der Waals surface area contributed by atoms with Crippen molar-refractivity contribution < 1.29 is 14.0 Å². The van der Waals surface area contributed by atoms with E-state index in [0.717, 1.165) is 25.3 Å². The molecule has 2 aromatic rings. The molecule has 3 heteroatoms. The summed E-state index contributed by atoms with van der Waals surface area (Å²) in [6.07, 6.45) is 1.01. The number of benzene rings is 2. The van der Waals surface area contributed by atoms with Gasteiger partial charge >= 0.3 is 0 Å². The first-order valence-electron chi connectivity index (χ1n) is 11.2. The molecule has 0 heterocycles. The molecule has 0 saturated carbocycles. The first-order chi connectivity index (χ1) is 14.0. The van der Waals surface area contributed by atoms with E-state index >= 15 is 0 Å². The van der Waals surface area contributed by atoms with Gasteiger partial charge in [0.1, 0.15) is 12.3 Å². The Morgan fingerprint density at radius 3 is 1.83 bits per heavy atom. The van der Waals surface area contributed by atoms with Crippen LogP contribution in [0.2, 0.25) is 0 Å². The van der Waals surface area contributed by atoms with E-state index in [9.17, 15) is 0 Å². The van der Waals surface area contributed by atoms with Crippen molar-refractivity contribution in [3.63, 3.8) is 0 Å². The molecule has 0 amide bonds. The molecule has 1 atom stereocenters. The summed E-state index contributed by atoms with van der Waals surface area (Å²) in [6, 6.07) is 21.0. The minimum absolute atomic E-state index is 0.156. The zero-order chi connectivity index (χ0) is 22.5. The van der Waals surface area contributed by atoms with Crippen LogP contribution in [-0.4, -0.2) is 38.3 Å². The average Bonchev–Trinajstić information content (AvgIpc) is 2.65. The topological polar surface area (TPSA) is 18.5 Å². The SMILES string of the molecule is CCOCC[N+](C)(C)C(Oc1ccccc1)(c1ccccc1)C(C)(C)CC(C)(C)C. The van der Waals surface area contributed by atoms with Crippen LogP contribution in [0, 0.1) is 10.8 Å². The van der Waals surface area contributed by atoms with Gasteiger partial charge in [0.05, 0.1) is 31.7 Å².